The first kappa shape index (κ1) is 19.7. The zero-order valence-electron chi connectivity index (χ0n) is 15.2. The minimum atomic E-state index is -0.605. The molecular weight excluding hydrogens is 348 g/mol. The van der Waals surface area contributed by atoms with Gasteiger partial charge in [-0.15, -0.1) is 0 Å². The lowest BCUT2D eigenvalue weighted by atomic mass is 10.1. The molecule has 0 aliphatic carbocycles. The molecule has 138 valence electrons. The number of carbonyl (C=O) groups is 1. The molecule has 0 aliphatic heterocycles. The molecule has 2 aromatic rings. The Kier molecular flexibility index (Phi) is 6.91. The number of aliphatic imine (C=N–C) groups is 1. The van der Waals surface area contributed by atoms with E-state index in [4.69, 9.17) is 10.5 Å². The van der Waals surface area contributed by atoms with E-state index in [0.29, 0.717) is 0 Å². The first-order valence-corrected chi connectivity index (χ1v) is 9.04. The van der Waals surface area contributed by atoms with Gasteiger partial charge in [0.25, 0.3) is 0 Å². The Bertz CT molecular complexity index is 835. The highest BCUT2D eigenvalue weighted by molar-refractivity contribution is 8.01. The summed E-state index contributed by atoms with van der Waals surface area (Å²) in [6.45, 7) is 7.49. The fourth-order valence-electron chi connectivity index (χ4n) is 2.66. The van der Waals surface area contributed by atoms with E-state index in [1.807, 2.05) is 37.3 Å². The van der Waals surface area contributed by atoms with Gasteiger partial charge in [-0.05, 0) is 43.5 Å². The lowest BCUT2D eigenvalue weighted by Crippen LogP contribution is -2.27. The minimum Gasteiger partial charge on any atom is -0.496 e. The van der Waals surface area contributed by atoms with Gasteiger partial charge >= 0.3 is 6.03 Å². The maximum absolute atomic E-state index is 11.1. The van der Waals surface area contributed by atoms with Crippen molar-refractivity contribution in [1.82, 2.24) is 4.72 Å². The molecule has 0 aliphatic rings. The molecule has 0 saturated heterocycles. The van der Waals surface area contributed by atoms with Crippen LogP contribution in [0.15, 0.2) is 52.0 Å². The van der Waals surface area contributed by atoms with Crippen LogP contribution in [0.2, 0.25) is 0 Å². The number of methoxy groups -OCH3 is 1. The van der Waals surface area contributed by atoms with Crippen LogP contribution in [0.25, 0.3) is 10.8 Å². The summed E-state index contributed by atoms with van der Waals surface area (Å²) in [6.07, 6.45) is 0.783. The van der Waals surface area contributed by atoms with Crippen molar-refractivity contribution in [2.75, 3.05) is 12.4 Å². The number of benzene rings is 2. The molecule has 6 nitrogen and oxygen atoms in total. The Morgan fingerprint density at radius 2 is 2.12 bits per heavy atom. The second-order valence-electron chi connectivity index (χ2n) is 5.68. The second-order valence-corrected chi connectivity index (χ2v) is 6.53. The lowest BCUT2D eigenvalue weighted by Gasteiger charge is -2.23. The number of nitrogens with one attached hydrogen (secondary N) is 2. The van der Waals surface area contributed by atoms with E-state index in [2.05, 4.69) is 34.7 Å². The van der Waals surface area contributed by atoms with Gasteiger partial charge < -0.3 is 15.8 Å². The molecule has 2 rings (SSSR count). The average Bonchev–Trinajstić information content (AvgIpc) is 2.65. The van der Waals surface area contributed by atoms with Crippen LogP contribution in [0.3, 0.4) is 0 Å². The van der Waals surface area contributed by atoms with E-state index in [9.17, 15) is 4.79 Å². The number of urea groups is 1. The molecule has 1 unspecified atom stereocenters. The first-order chi connectivity index (χ1) is 12.5. The third-order valence-corrected chi connectivity index (χ3v) is 5.07. The van der Waals surface area contributed by atoms with Gasteiger partial charge in [0.1, 0.15) is 5.75 Å². The Morgan fingerprint density at radius 3 is 2.73 bits per heavy atom. The van der Waals surface area contributed by atoms with E-state index in [-0.39, 0.29) is 6.04 Å². The number of ether oxygens (including phenoxy) is 1. The van der Waals surface area contributed by atoms with Crippen molar-refractivity contribution in [2.24, 2.45) is 10.7 Å². The van der Waals surface area contributed by atoms with Gasteiger partial charge in [0.05, 0.1) is 13.2 Å². The third kappa shape index (κ3) is 4.70. The van der Waals surface area contributed by atoms with Crippen molar-refractivity contribution in [3.8, 4) is 5.75 Å². The number of nitrogens with zero attached hydrogens (tertiary/aromatic N) is 1. The molecule has 0 saturated carbocycles. The molecule has 0 aromatic heterocycles. The summed E-state index contributed by atoms with van der Waals surface area (Å²) < 4.78 is 8.09. The maximum Gasteiger partial charge on any atom is 0.322 e. The highest BCUT2D eigenvalue weighted by atomic mass is 32.2. The van der Waals surface area contributed by atoms with Crippen LogP contribution in [0, 0.1) is 0 Å². The molecule has 4 N–H and O–H groups in total. The van der Waals surface area contributed by atoms with Crippen LogP contribution in [0.4, 0.5) is 10.5 Å². The van der Waals surface area contributed by atoms with Gasteiger partial charge in [-0.1, -0.05) is 31.2 Å². The number of hydrogen-bond acceptors (Lipinski definition) is 5. The molecule has 0 bridgehead atoms. The number of rotatable bonds is 8. The van der Waals surface area contributed by atoms with Crippen LogP contribution in [0.1, 0.15) is 20.3 Å². The molecule has 0 spiro atoms. The Morgan fingerprint density at radius 1 is 1.38 bits per heavy atom. The van der Waals surface area contributed by atoms with E-state index in [1.54, 1.807) is 7.11 Å². The molecule has 26 heavy (non-hydrogen) atoms. The molecule has 0 heterocycles. The zero-order chi connectivity index (χ0) is 19.1. The van der Waals surface area contributed by atoms with Gasteiger partial charge in [0.15, 0.2) is 0 Å². The topological polar surface area (TPSA) is 88.7 Å². The van der Waals surface area contributed by atoms with Crippen LogP contribution in [0.5, 0.6) is 5.75 Å². The molecule has 0 fully saturated rings. The molecular formula is C19H24N4O2S. The average molecular weight is 372 g/mol. The van der Waals surface area contributed by atoms with Crippen molar-refractivity contribution in [3.05, 3.63) is 47.0 Å². The fourth-order valence-corrected chi connectivity index (χ4v) is 3.45. The molecule has 2 aromatic carbocycles. The van der Waals surface area contributed by atoms with Gasteiger partial charge in [-0.25, -0.2) is 4.79 Å². The number of anilines is 1. The monoisotopic (exact) mass is 372 g/mol. The Labute approximate surface area is 158 Å². The quantitative estimate of drug-likeness (QED) is 0.476. The third-order valence-electron chi connectivity index (χ3n) is 3.96. The lowest BCUT2D eigenvalue weighted by molar-refractivity contribution is 0.254. The first-order valence-electron chi connectivity index (χ1n) is 8.23. The fraction of sp³-hybridized carbons (Fsp3) is 0.263. The summed E-state index contributed by atoms with van der Waals surface area (Å²) in [5, 5.41) is 5.63. The highest BCUT2D eigenvalue weighted by Gasteiger charge is 2.18. The summed E-state index contributed by atoms with van der Waals surface area (Å²) in [5.41, 5.74) is 6.85. The van der Waals surface area contributed by atoms with Crippen LogP contribution in [-0.2, 0) is 0 Å². The van der Waals surface area contributed by atoms with Gasteiger partial charge in [0.2, 0.25) is 0 Å². The molecule has 7 heteroatoms. The predicted molar refractivity (Wildman–Crippen MR) is 111 cm³/mol. The van der Waals surface area contributed by atoms with Crippen molar-refractivity contribution in [3.63, 3.8) is 0 Å². The van der Waals surface area contributed by atoms with Crippen molar-refractivity contribution < 1.29 is 9.53 Å². The van der Waals surface area contributed by atoms with Gasteiger partial charge in [0, 0.05) is 27.7 Å². The normalized spacial score (nSPS) is 12.9. The smallest absolute Gasteiger partial charge is 0.322 e. The number of primary amides is 1. The SMILES string of the molecule is C=N/C(C)=C(\SNC(N)=O)C(CC)Nc1cc(OC)c2ccccc2c1. The standard InChI is InChI=1S/C19H24N4O2S/c1-5-16(18(12(2)21-3)26-23-19(20)24)22-14-10-13-8-6-7-9-15(13)17(11-14)25-4/h6-11,16,22H,3,5H2,1-2,4H3,(H3,20,23,24)/b18-12-. The van der Waals surface area contributed by atoms with E-state index >= 15 is 0 Å². The van der Waals surface area contributed by atoms with Crippen LogP contribution < -0.4 is 20.5 Å². The molecule has 1 atom stereocenters. The molecule has 2 amide bonds. The van der Waals surface area contributed by atoms with Crippen molar-refractivity contribution in [1.29, 1.82) is 0 Å². The summed E-state index contributed by atoms with van der Waals surface area (Å²) in [6, 6.07) is 11.4. The number of carbonyl (C=O) groups excluding carboxylic acids is 1. The maximum atomic E-state index is 11.1. The second kappa shape index (κ2) is 9.15. The minimum absolute atomic E-state index is 0.0665. The molecule has 0 radical (unpaired) electrons. The Balaban J connectivity index is 2.37. The summed E-state index contributed by atoms with van der Waals surface area (Å²) in [5.74, 6) is 0.799. The summed E-state index contributed by atoms with van der Waals surface area (Å²) >= 11 is 1.16. The zero-order valence-corrected chi connectivity index (χ0v) is 16.0. The van der Waals surface area contributed by atoms with E-state index < -0.39 is 6.03 Å². The van der Waals surface area contributed by atoms with Crippen molar-refractivity contribution in [2.45, 2.75) is 26.3 Å². The van der Waals surface area contributed by atoms with Crippen LogP contribution >= 0.6 is 11.9 Å². The predicted octanol–water partition coefficient (Wildman–Crippen LogP) is 4.29. The number of nitrogens with two attached hydrogens (primary N) is 1. The van der Waals surface area contributed by atoms with Crippen molar-refractivity contribution >= 4 is 41.2 Å². The number of fused-ring (bicyclic) bond motifs is 1. The number of amides is 2. The van der Waals surface area contributed by atoms with Crippen LogP contribution in [-0.4, -0.2) is 25.9 Å². The van der Waals surface area contributed by atoms with E-state index in [1.165, 1.54) is 0 Å². The summed E-state index contributed by atoms with van der Waals surface area (Å²) in [7, 11) is 1.66. The highest BCUT2D eigenvalue weighted by Crippen LogP contribution is 2.32. The number of allylic oxidation sites excluding steroid dienone is 1. The van der Waals surface area contributed by atoms with E-state index in [0.717, 1.165) is 51.2 Å². The number of hydrogen-bond donors (Lipinski definition) is 3. The Hall–Kier alpha value is -2.67. The van der Waals surface area contributed by atoms with Gasteiger partial charge in [-0.3, -0.25) is 9.71 Å². The van der Waals surface area contributed by atoms with Gasteiger partial charge in [-0.2, -0.15) is 0 Å². The largest absolute Gasteiger partial charge is 0.496 e. The summed E-state index contributed by atoms with van der Waals surface area (Å²) in [4.78, 5) is 16.0.